The van der Waals surface area contributed by atoms with Crippen molar-refractivity contribution in [3.05, 3.63) is 52.9 Å². The van der Waals surface area contributed by atoms with Gasteiger partial charge in [-0.05, 0) is 23.6 Å². The summed E-state index contributed by atoms with van der Waals surface area (Å²) < 4.78 is 0. The third-order valence-corrected chi connectivity index (χ3v) is 3.89. The number of nitrogen functional groups attached to an aromatic ring is 1. The number of nitrogens with two attached hydrogens (primary N) is 1. The summed E-state index contributed by atoms with van der Waals surface area (Å²) in [7, 11) is 0. The van der Waals surface area contributed by atoms with Crippen LogP contribution in [0, 0.1) is 0 Å². The smallest absolute Gasteiger partial charge is 0.221 e. The topological polar surface area (TPSA) is 51.8 Å². The molecule has 0 aliphatic rings. The van der Waals surface area contributed by atoms with Gasteiger partial charge in [-0.2, -0.15) is 0 Å². The largest absolute Gasteiger partial charge is 0.368 e. The summed E-state index contributed by atoms with van der Waals surface area (Å²) in [5.74, 6) is 0.251. The van der Waals surface area contributed by atoms with Crippen LogP contribution in [0.1, 0.15) is 0 Å². The van der Waals surface area contributed by atoms with Gasteiger partial charge in [-0.1, -0.05) is 35.9 Å². The molecule has 2 heterocycles. The number of hydrogen-bond donors (Lipinski definition) is 1. The van der Waals surface area contributed by atoms with Gasteiger partial charge in [0.25, 0.3) is 0 Å². The van der Waals surface area contributed by atoms with E-state index in [2.05, 4.69) is 9.97 Å². The van der Waals surface area contributed by atoms with Crippen molar-refractivity contribution >= 4 is 28.9 Å². The number of anilines is 1. The lowest BCUT2D eigenvalue weighted by molar-refractivity contribution is 1.20. The van der Waals surface area contributed by atoms with Crippen LogP contribution in [0.25, 0.3) is 21.8 Å². The molecule has 0 atom stereocenters. The predicted molar refractivity (Wildman–Crippen MR) is 80.2 cm³/mol. The van der Waals surface area contributed by atoms with Crippen molar-refractivity contribution in [3.63, 3.8) is 0 Å². The van der Waals surface area contributed by atoms with E-state index in [4.69, 9.17) is 17.3 Å². The number of aromatic nitrogens is 2. The van der Waals surface area contributed by atoms with Gasteiger partial charge in [0.15, 0.2) is 0 Å². The lowest BCUT2D eigenvalue weighted by Gasteiger charge is -2.06. The molecular weight excluding hydrogens is 278 g/mol. The summed E-state index contributed by atoms with van der Waals surface area (Å²) in [6.45, 7) is 0. The normalized spacial score (nSPS) is 10.6. The highest BCUT2D eigenvalue weighted by Gasteiger charge is 2.09. The molecule has 2 N–H and O–H groups in total. The summed E-state index contributed by atoms with van der Waals surface area (Å²) >= 11 is 7.80. The van der Waals surface area contributed by atoms with Crippen LogP contribution >= 0.6 is 22.9 Å². The maximum Gasteiger partial charge on any atom is 0.221 e. The van der Waals surface area contributed by atoms with Gasteiger partial charge >= 0.3 is 0 Å². The quantitative estimate of drug-likeness (QED) is 0.772. The van der Waals surface area contributed by atoms with Gasteiger partial charge in [0.1, 0.15) is 0 Å². The molecule has 3 rings (SSSR count). The second kappa shape index (κ2) is 4.99. The number of thiophene rings is 1. The van der Waals surface area contributed by atoms with Crippen molar-refractivity contribution in [1.82, 2.24) is 9.97 Å². The molecule has 3 aromatic rings. The number of rotatable bonds is 2. The molecule has 2 aromatic heterocycles. The average Bonchev–Trinajstić information content (AvgIpc) is 2.92. The molecule has 0 aliphatic heterocycles. The van der Waals surface area contributed by atoms with Crippen molar-refractivity contribution in [3.8, 4) is 21.8 Å². The summed E-state index contributed by atoms with van der Waals surface area (Å²) in [4.78, 5) is 9.58. The lowest BCUT2D eigenvalue weighted by Crippen LogP contribution is -1.98. The minimum Gasteiger partial charge on any atom is -0.368 e. The Balaban J connectivity index is 2.16. The fourth-order valence-electron chi connectivity index (χ4n) is 1.82. The molecule has 5 heteroatoms. The molecule has 0 saturated carbocycles. The molecule has 19 heavy (non-hydrogen) atoms. The second-order valence-corrected chi connectivity index (χ2v) is 5.31. The summed E-state index contributed by atoms with van der Waals surface area (Å²) in [5, 5.41) is 2.65. The SMILES string of the molecule is Nc1nc(-c2cccs2)cc(-c2ccccc2Cl)n1. The van der Waals surface area contributed by atoms with E-state index in [1.165, 1.54) is 0 Å². The second-order valence-electron chi connectivity index (χ2n) is 3.95. The van der Waals surface area contributed by atoms with Crippen molar-refractivity contribution in [2.75, 3.05) is 5.73 Å². The first-order valence-corrected chi connectivity index (χ1v) is 6.93. The highest BCUT2D eigenvalue weighted by atomic mass is 35.5. The Bertz CT molecular complexity index is 710. The van der Waals surface area contributed by atoms with Gasteiger partial charge < -0.3 is 5.73 Å². The van der Waals surface area contributed by atoms with Gasteiger partial charge in [0, 0.05) is 10.6 Å². The molecule has 0 radical (unpaired) electrons. The fraction of sp³-hybridized carbons (Fsp3) is 0. The first-order valence-electron chi connectivity index (χ1n) is 5.67. The first kappa shape index (κ1) is 12.1. The van der Waals surface area contributed by atoms with Crippen molar-refractivity contribution in [2.45, 2.75) is 0 Å². The van der Waals surface area contributed by atoms with Crippen LogP contribution in [0.5, 0.6) is 0 Å². The van der Waals surface area contributed by atoms with E-state index in [1.807, 2.05) is 47.8 Å². The molecular formula is C14H10ClN3S. The maximum atomic E-state index is 6.19. The Labute approximate surface area is 119 Å². The molecule has 0 spiro atoms. The lowest BCUT2D eigenvalue weighted by atomic mass is 10.1. The van der Waals surface area contributed by atoms with Crippen LogP contribution in [0.4, 0.5) is 5.95 Å². The average molecular weight is 288 g/mol. The molecule has 0 amide bonds. The zero-order chi connectivity index (χ0) is 13.2. The van der Waals surface area contributed by atoms with E-state index in [0.29, 0.717) is 5.02 Å². The van der Waals surface area contributed by atoms with E-state index in [9.17, 15) is 0 Å². The molecule has 0 saturated heterocycles. The number of halogens is 1. The third-order valence-electron chi connectivity index (χ3n) is 2.67. The summed E-state index contributed by atoms with van der Waals surface area (Å²) in [6, 6.07) is 13.4. The molecule has 3 nitrogen and oxygen atoms in total. The van der Waals surface area contributed by atoms with Gasteiger partial charge in [-0.3, -0.25) is 0 Å². The van der Waals surface area contributed by atoms with E-state index < -0.39 is 0 Å². The first-order chi connectivity index (χ1) is 9.24. The van der Waals surface area contributed by atoms with E-state index in [0.717, 1.165) is 21.8 Å². The van der Waals surface area contributed by atoms with Crippen molar-refractivity contribution in [2.24, 2.45) is 0 Å². The van der Waals surface area contributed by atoms with Crippen LogP contribution in [-0.2, 0) is 0 Å². The minimum absolute atomic E-state index is 0.251. The number of nitrogens with zero attached hydrogens (tertiary/aromatic N) is 2. The molecule has 0 aliphatic carbocycles. The van der Waals surface area contributed by atoms with Crippen LogP contribution in [0.2, 0.25) is 5.02 Å². The number of hydrogen-bond acceptors (Lipinski definition) is 4. The third kappa shape index (κ3) is 2.45. The highest BCUT2D eigenvalue weighted by Crippen LogP contribution is 2.30. The fourth-order valence-corrected chi connectivity index (χ4v) is 2.74. The van der Waals surface area contributed by atoms with Crippen LogP contribution in [0.15, 0.2) is 47.8 Å². The van der Waals surface area contributed by atoms with E-state index >= 15 is 0 Å². The minimum atomic E-state index is 0.251. The molecule has 0 fully saturated rings. The van der Waals surface area contributed by atoms with Gasteiger partial charge in [-0.15, -0.1) is 11.3 Å². The molecule has 94 valence electrons. The Kier molecular flexibility index (Phi) is 3.19. The van der Waals surface area contributed by atoms with Gasteiger partial charge in [-0.25, -0.2) is 9.97 Å². The monoisotopic (exact) mass is 287 g/mol. The van der Waals surface area contributed by atoms with Crippen LogP contribution in [0.3, 0.4) is 0 Å². The van der Waals surface area contributed by atoms with Gasteiger partial charge in [0.05, 0.1) is 16.3 Å². The Hall–Kier alpha value is -1.91. The Morgan fingerprint density at radius 3 is 2.53 bits per heavy atom. The van der Waals surface area contributed by atoms with Gasteiger partial charge in [0.2, 0.25) is 5.95 Å². The maximum absolute atomic E-state index is 6.19. The van der Waals surface area contributed by atoms with E-state index in [-0.39, 0.29) is 5.95 Å². The van der Waals surface area contributed by atoms with Crippen molar-refractivity contribution in [1.29, 1.82) is 0 Å². The predicted octanol–water partition coefficient (Wildman–Crippen LogP) is 4.11. The molecule has 0 bridgehead atoms. The number of benzene rings is 1. The summed E-state index contributed by atoms with van der Waals surface area (Å²) in [5.41, 5.74) is 8.20. The molecule has 0 unspecified atom stereocenters. The molecule has 1 aromatic carbocycles. The highest BCUT2D eigenvalue weighted by molar-refractivity contribution is 7.13. The van der Waals surface area contributed by atoms with Crippen molar-refractivity contribution < 1.29 is 0 Å². The summed E-state index contributed by atoms with van der Waals surface area (Å²) in [6.07, 6.45) is 0. The zero-order valence-corrected chi connectivity index (χ0v) is 11.4. The Morgan fingerprint density at radius 2 is 1.79 bits per heavy atom. The Morgan fingerprint density at radius 1 is 1.00 bits per heavy atom. The van der Waals surface area contributed by atoms with Crippen LogP contribution < -0.4 is 5.73 Å². The van der Waals surface area contributed by atoms with E-state index in [1.54, 1.807) is 11.3 Å². The standard InChI is InChI=1S/C14H10ClN3S/c15-10-5-2-1-4-9(10)11-8-12(18-14(16)17-11)13-6-3-7-19-13/h1-8H,(H2,16,17,18). The van der Waals surface area contributed by atoms with Crippen LogP contribution in [-0.4, -0.2) is 9.97 Å². The zero-order valence-electron chi connectivity index (χ0n) is 9.88.